The molecule has 6 N–H and O–H groups in total. The maximum atomic E-state index is 5.71. The Morgan fingerprint density at radius 2 is 1.74 bits per heavy atom. The molecular formula is C15H14N6S2. The van der Waals surface area contributed by atoms with Gasteiger partial charge in [0.1, 0.15) is 0 Å². The Bertz CT molecular complexity index is 863. The number of benzene rings is 2. The summed E-state index contributed by atoms with van der Waals surface area (Å²) < 4.78 is 2.09. The van der Waals surface area contributed by atoms with Crippen molar-refractivity contribution in [1.82, 2.24) is 4.98 Å². The van der Waals surface area contributed by atoms with Crippen LogP contribution in [0.15, 0.2) is 67.8 Å². The molecule has 0 fully saturated rings. The van der Waals surface area contributed by atoms with Crippen LogP contribution >= 0.6 is 23.1 Å². The number of para-hydroxylation sites is 2. The number of aromatic nitrogens is 1. The van der Waals surface area contributed by atoms with Gasteiger partial charge in [-0.2, -0.15) is 4.99 Å². The Kier molecular flexibility index (Phi) is 4.45. The van der Waals surface area contributed by atoms with Crippen molar-refractivity contribution in [3.05, 3.63) is 48.5 Å². The lowest BCUT2D eigenvalue weighted by molar-refractivity contribution is 1.28. The van der Waals surface area contributed by atoms with Crippen LogP contribution in [0.4, 0.5) is 5.69 Å². The molecule has 1 aromatic heterocycles. The summed E-state index contributed by atoms with van der Waals surface area (Å²) in [6, 6.07) is 15.7. The van der Waals surface area contributed by atoms with E-state index >= 15 is 0 Å². The second-order valence-corrected chi connectivity index (χ2v) is 6.84. The molecule has 0 spiro atoms. The number of fused-ring (bicyclic) bond motifs is 1. The van der Waals surface area contributed by atoms with E-state index in [1.54, 1.807) is 11.3 Å². The second kappa shape index (κ2) is 6.67. The molecule has 0 bridgehead atoms. The Morgan fingerprint density at radius 3 is 2.52 bits per heavy atom. The summed E-state index contributed by atoms with van der Waals surface area (Å²) in [7, 11) is 0. The number of aliphatic imine (C=N–C) groups is 2. The normalized spacial score (nSPS) is 11.6. The fourth-order valence-electron chi connectivity index (χ4n) is 1.91. The number of thiazole rings is 1. The fraction of sp³-hybridized carbons (Fsp3) is 0. The first-order valence-electron chi connectivity index (χ1n) is 6.68. The number of hydrogen-bond donors (Lipinski definition) is 3. The summed E-state index contributed by atoms with van der Waals surface area (Å²) in [6.45, 7) is 0. The van der Waals surface area contributed by atoms with Crippen molar-refractivity contribution in [2.75, 3.05) is 0 Å². The standard InChI is InChI=1S/C15H14N6S2/c16-13(17)21-14(18)19-9-5-1-3-7-11(9)22-15-20-10-6-2-4-8-12(10)23-15/h1-8H,(H6,16,17,18,19,21). The lowest BCUT2D eigenvalue weighted by Gasteiger charge is -2.03. The third kappa shape index (κ3) is 3.79. The van der Waals surface area contributed by atoms with E-state index in [0.717, 1.165) is 19.5 Å². The van der Waals surface area contributed by atoms with Crippen LogP contribution in [0.3, 0.4) is 0 Å². The zero-order valence-electron chi connectivity index (χ0n) is 12.0. The highest BCUT2D eigenvalue weighted by molar-refractivity contribution is 8.01. The predicted molar refractivity (Wildman–Crippen MR) is 97.3 cm³/mol. The minimum absolute atomic E-state index is 0.0161. The van der Waals surface area contributed by atoms with Crippen molar-refractivity contribution in [2.24, 2.45) is 27.2 Å². The molecule has 6 nitrogen and oxygen atoms in total. The number of rotatable bonds is 3. The molecule has 0 amide bonds. The zero-order chi connectivity index (χ0) is 16.2. The van der Waals surface area contributed by atoms with E-state index < -0.39 is 0 Å². The van der Waals surface area contributed by atoms with Crippen molar-refractivity contribution in [3.63, 3.8) is 0 Å². The molecule has 0 aliphatic carbocycles. The van der Waals surface area contributed by atoms with Gasteiger partial charge in [0, 0.05) is 4.90 Å². The molecule has 23 heavy (non-hydrogen) atoms. The van der Waals surface area contributed by atoms with E-state index in [-0.39, 0.29) is 11.9 Å². The van der Waals surface area contributed by atoms with Gasteiger partial charge in [-0.05, 0) is 24.3 Å². The van der Waals surface area contributed by atoms with Crippen LogP contribution in [0.1, 0.15) is 0 Å². The predicted octanol–water partition coefficient (Wildman–Crippen LogP) is 2.67. The number of nitrogens with zero attached hydrogens (tertiary/aromatic N) is 3. The molecule has 0 aliphatic rings. The highest BCUT2D eigenvalue weighted by Crippen LogP contribution is 2.38. The highest BCUT2D eigenvalue weighted by Gasteiger charge is 2.08. The Balaban J connectivity index is 1.92. The summed E-state index contributed by atoms with van der Waals surface area (Å²) in [6.07, 6.45) is 0. The quantitative estimate of drug-likeness (QED) is 0.500. The van der Waals surface area contributed by atoms with Crippen LogP contribution in [-0.4, -0.2) is 16.9 Å². The van der Waals surface area contributed by atoms with Crippen LogP contribution in [0, 0.1) is 0 Å². The number of hydrogen-bond acceptors (Lipinski definition) is 4. The van der Waals surface area contributed by atoms with Crippen LogP contribution in [0.25, 0.3) is 10.2 Å². The van der Waals surface area contributed by atoms with Crippen LogP contribution in [-0.2, 0) is 0 Å². The molecule has 3 rings (SSSR count). The van der Waals surface area contributed by atoms with E-state index in [0.29, 0.717) is 5.69 Å². The smallest absolute Gasteiger partial charge is 0.223 e. The third-order valence-electron chi connectivity index (χ3n) is 2.82. The van der Waals surface area contributed by atoms with E-state index in [1.807, 2.05) is 42.5 Å². The summed E-state index contributed by atoms with van der Waals surface area (Å²) >= 11 is 3.17. The van der Waals surface area contributed by atoms with Gasteiger partial charge in [-0.15, -0.1) is 11.3 Å². The lowest BCUT2D eigenvalue weighted by atomic mass is 10.3. The van der Waals surface area contributed by atoms with Crippen LogP contribution in [0.5, 0.6) is 0 Å². The molecule has 0 atom stereocenters. The second-order valence-electron chi connectivity index (χ2n) is 4.52. The lowest BCUT2D eigenvalue weighted by Crippen LogP contribution is -2.26. The van der Waals surface area contributed by atoms with Gasteiger partial charge in [0.15, 0.2) is 10.3 Å². The molecule has 0 radical (unpaired) electrons. The van der Waals surface area contributed by atoms with Gasteiger partial charge in [0.05, 0.1) is 15.9 Å². The van der Waals surface area contributed by atoms with E-state index in [4.69, 9.17) is 17.2 Å². The first kappa shape index (κ1) is 15.3. The fourth-order valence-corrected chi connectivity index (χ4v) is 4.00. The first-order valence-corrected chi connectivity index (χ1v) is 8.31. The van der Waals surface area contributed by atoms with Gasteiger partial charge in [0.2, 0.25) is 5.96 Å². The van der Waals surface area contributed by atoms with Gasteiger partial charge < -0.3 is 17.2 Å². The molecule has 1 heterocycles. The molecule has 3 aromatic rings. The highest BCUT2D eigenvalue weighted by atomic mass is 32.2. The summed E-state index contributed by atoms with van der Waals surface area (Å²) in [5.41, 5.74) is 18.0. The summed E-state index contributed by atoms with van der Waals surface area (Å²) in [5.74, 6) is -0.107. The molecule has 2 aromatic carbocycles. The average Bonchev–Trinajstić information content (AvgIpc) is 2.90. The molecular weight excluding hydrogens is 328 g/mol. The molecule has 0 aliphatic heterocycles. The largest absolute Gasteiger partial charge is 0.370 e. The average molecular weight is 342 g/mol. The Labute approximate surface area is 141 Å². The van der Waals surface area contributed by atoms with Crippen molar-refractivity contribution in [1.29, 1.82) is 0 Å². The van der Waals surface area contributed by atoms with Crippen LogP contribution < -0.4 is 17.2 Å². The van der Waals surface area contributed by atoms with Crippen molar-refractivity contribution in [3.8, 4) is 0 Å². The van der Waals surface area contributed by atoms with Gasteiger partial charge in [-0.1, -0.05) is 36.0 Å². The zero-order valence-corrected chi connectivity index (χ0v) is 13.6. The maximum Gasteiger partial charge on any atom is 0.223 e. The van der Waals surface area contributed by atoms with Gasteiger partial charge in [0.25, 0.3) is 0 Å². The molecule has 0 saturated heterocycles. The first-order chi connectivity index (χ1) is 11.1. The van der Waals surface area contributed by atoms with E-state index in [1.165, 1.54) is 11.8 Å². The molecule has 8 heteroatoms. The molecule has 0 saturated carbocycles. The Morgan fingerprint density at radius 1 is 1.00 bits per heavy atom. The van der Waals surface area contributed by atoms with Gasteiger partial charge in [-0.25, -0.2) is 9.98 Å². The third-order valence-corrected chi connectivity index (χ3v) is 4.98. The minimum Gasteiger partial charge on any atom is -0.370 e. The van der Waals surface area contributed by atoms with Gasteiger partial charge >= 0.3 is 0 Å². The van der Waals surface area contributed by atoms with E-state index in [2.05, 4.69) is 21.0 Å². The monoisotopic (exact) mass is 342 g/mol. The van der Waals surface area contributed by atoms with Crippen molar-refractivity contribution >= 4 is 50.9 Å². The summed E-state index contributed by atoms with van der Waals surface area (Å²) in [5, 5.41) is 0. The van der Waals surface area contributed by atoms with Crippen LogP contribution in [0.2, 0.25) is 0 Å². The topological polar surface area (TPSA) is 116 Å². The molecule has 0 unspecified atom stereocenters. The number of nitrogens with two attached hydrogens (primary N) is 3. The summed E-state index contributed by atoms with van der Waals surface area (Å²) in [4.78, 5) is 13.5. The number of guanidine groups is 2. The van der Waals surface area contributed by atoms with Crippen molar-refractivity contribution < 1.29 is 0 Å². The SMILES string of the molecule is NC(N)=NC(N)=Nc1ccccc1Sc1nc2ccccc2s1. The Hall–Kier alpha value is -2.58. The maximum absolute atomic E-state index is 5.71. The molecule has 116 valence electrons. The minimum atomic E-state index is -0.123. The van der Waals surface area contributed by atoms with E-state index in [9.17, 15) is 0 Å². The van der Waals surface area contributed by atoms with Gasteiger partial charge in [-0.3, -0.25) is 0 Å². The van der Waals surface area contributed by atoms with Crippen molar-refractivity contribution in [2.45, 2.75) is 9.24 Å².